The molecule has 0 saturated carbocycles. The molecule has 0 amide bonds. The number of hydrogen-bond acceptors (Lipinski definition) is 0. The van der Waals surface area contributed by atoms with Gasteiger partial charge in [-0.2, -0.15) is 0 Å². The molecule has 0 bridgehead atoms. The van der Waals surface area contributed by atoms with Crippen molar-refractivity contribution in [2.24, 2.45) is 5.92 Å². The molecule has 1 aliphatic heterocycles. The molecule has 1 aliphatic rings. The maximum Gasteiger partial charge on any atom is 0.159 e. The van der Waals surface area contributed by atoms with E-state index >= 15 is 0 Å². The Bertz CT molecular complexity index is 1500. The third-order valence-corrected chi connectivity index (χ3v) is 8.02. The molecule has 2 heteroatoms. The van der Waals surface area contributed by atoms with E-state index in [0.717, 1.165) is 6.42 Å². The summed E-state index contributed by atoms with van der Waals surface area (Å²) in [5.74, 6) is 0.631. The third-order valence-electron chi connectivity index (χ3n) is 6.90. The maximum absolute atomic E-state index is 4.28. The van der Waals surface area contributed by atoms with Crippen LogP contribution in [0.4, 0.5) is 0 Å². The highest BCUT2D eigenvalue weighted by Gasteiger charge is 2.21. The van der Waals surface area contributed by atoms with Crippen molar-refractivity contribution in [1.29, 1.82) is 0 Å². The van der Waals surface area contributed by atoms with Crippen LogP contribution in [-0.4, -0.2) is 11.3 Å². The molecule has 35 heavy (non-hydrogen) atoms. The highest BCUT2D eigenvalue weighted by Crippen LogP contribution is 2.40. The van der Waals surface area contributed by atoms with E-state index in [-0.39, 0.29) is 5.41 Å². The minimum absolute atomic E-state index is 0.142. The second kappa shape index (κ2) is 8.84. The smallest absolute Gasteiger partial charge is 0.159 e. The SMILES string of the molecule is C=[N+]1C=CC(CC(C)C)=C[C-]1c1cc2c(cc1C)[s+][c-]1cc(-c3cccc(C(C)(C)C)c3)ccc21. The van der Waals surface area contributed by atoms with Crippen LogP contribution >= 0.6 is 11.3 Å². The molecular formula is C33H35NS. The molecule has 1 nitrogen and oxygen atoms in total. The largest absolute Gasteiger partial charge is 0.255 e. The molecule has 0 spiro atoms. The van der Waals surface area contributed by atoms with Crippen molar-refractivity contribution >= 4 is 38.2 Å². The topological polar surface area (TPSA) is 3.01 Å². The van der Waals surface area contributed by atoms with Gasteiger partial charge in [0.1, 0.15) is 28.3 Å². The van der Waals surface area contributed by atoms with Gasteiger partial charge in [0, 0.05) is 0 Å². The number of rotatable bonds is 4. The molecule has 1 aromatic heterocycles. The van der Waals surface area contributed by atoms with Crippen LogP contribution in [0.5, 0.6) is 0 Å². The Hall–Kier alpha value is -3.10. The van der Waals surface area contributed by atoms with Crippen LogP contribution in [-0.2, 0) is 5.41 Å². The lowest BCUT2D eigenvalue weighted by molar-refractivity contribution is -0.418. The Balaban J connectivity index is 1.58. The standard InChI is InChI=1S/C33H35NS/c1-21(2)15-23-13-14-34(7)30(17-23)28-20-29-27-12-11-25(19-32(27)35-31(29)16-22(28)3)24-9-8-10-26(18-24)33(4,5)6/h8-14,16-21H,7,15H2,1-6H3. The van der Waals surface area contributed by atoms with Crippen molar-refractivity contribution in [3.8, 4) is 11.1 Å². The van der Waals surface area contributed by atoms with E-state index in [4.69, 9.17) is 0 Å². The van der Waals surface area contributed by atoms with Gasteiger partial charge in [-0.3, -0.25) is 4.58 Å². The van der Waals surface area contributed by atoms with Crippen LogP contribution in [0, 0.1) is 18.9 Å². The summed E-state index contributed by atoms with van der Waals surface area (Å²) in [5, 5.41) is 2.66. The predicted molar refractivity (Wildman–Crippen MR) is 155 cm³/mol. The van der Waals surface area contributed by atoms with Crippen molar-refractivity contribution in [1.82, 2.24) is 0 Å². The zero-order valence-electron chi connectivity index (χ0n) is 21.8. The zero-order valence-corrected chi connectivity index (χ0v) is 22.6. The summed E-state index contributed by atoms with van der Waals surface area (Å²) in [6.07, 6.45) is 7.69. The number of thiophene rings is 1. The first-order valence-corrected chi connectivity index (χ1v) is 13.4. The fourth-order valence-electron chi connectivity index (χ4n) is 4.95. The van der Waals surface area contributed by atoms with Crippen molar-refractivity contribution in [3.63, 3.8) is 0 Å². The molecule has 0 saturated heterocycles. The molecule has 0 radical (unpaired) electrons. The van der Waals surface area contributed by atoms with Crippen molar-refractivity contribution in [3.05, 3.63) is 101 Å². The van der Waals surface area contributed by atoms with Gasteiger partial charge in [0.2, 0.25) is 0 Å². The molecule has 0 aliphatic carbocycles. The molecule has 0 N–H and O–H groups in total. The van der Waals surface area contributed by atoms with Gasteiger partial charge in [-0.25, -0.2) is 0 Å². The van der Waals surface area contributed by atoms with Gasteiger partial charge in [-0.15, -0.1) is 18.2 Å². The molecule has 5 rings (SSSR count). The van der Waals surface area contributed by atoms with E-state index in [1.807, 2.05) is 15.9 Å². The van der Waals surface area contributed by atoms with Gasteiger partial charge >= 0.3 is 0 Å². The quantitative estimate of drug-likeness (QED) is 0.156. The summed E-state index contributed by atoms with van der Waals surface area (Å²) in [7, 11) is 0. The first kappa shape index (κ1) is 23.6. The monoisotopic (exact) mass is 477 g/mol. The zero-order chi connectivity index (χ0) is 24.9. The molecular weight excluding hydrogens is 442 g/mol. The third kappa shape index (κ3) is 4.60. The number of aryl methyl sites for hydroxylation is 1. The summed E-state index contributed by atoms with van der Waals surface area (Å²) in [6.45, 7) is 17.9. The molecule has 4 aromatic rings. The van der Waals surface area contributed by atoms with Gasteiger partial charge in [-0.05, 0) is 35.0 Å². The minimum atomic E-state index is 0.142. The van der Waals surface area contributed by atoms with Gasteiger partial charge in [0.05, 0.1) is 6.72 Å². The van der Waals surface area contributed by atoms with E-state index in [9.17, 15) is 0 Å². The van der Waals surface area contributed by atoms with Crippen molar-refractivity contribution in [2.45, 2.75) is 53.4 Å². The number of fused-ring (bicyclic) bond motifs is 3. The number of nitrogens with zero attached hydrogens (tertiary/aromatic N) is 1. The molecule has 0 atom stereocenters. The summed E-state index contributed by atoms with van der Waals surface area (Å²) in [5.41, 5.74) is 8.00. The van der Waals surface area contributed by atoms with Crippen molar-refractivity contribution < 1.29 is 4.58 Å². The summed E-state index contributed by atoms with van der Waals surface area (Å²) >= 11 is 1.89. The Labute approximate surface area is 214 Å². The second-order valence-corrected chi connectivity index (χ2v) is 12.4. The predicted octanol–water partition coefficient (Wildman–Crippen LogP) is 9.42. The molecule has 2 heterocycles. The highest BCUT2D eigenvalue weighted by atomic mass is 32.1. The number of allylic oxidation sites excluding steroid dienone is 2. The van der Waals surface area contributed by atoms with E-state index in [0.29, 0.717) is 5.92 Å². The molecule has 3 aromatic carbocycles. The Kier molecular flexibility index (Phi) is 5.97. The van der Waals surface area contributed by atoms with Crippen LogP contribution in [0.15, 0.2) is 78.5 Å². The van der Waals surface area contributed by atoms with E-state index in [1.54, 1.807) is 0 Å². The molecule has 0 unspecified atom stereocenters. The minimum Gasteiger partial charge on any atom is -0.255 e. The first-order valence-electron chi connectivity index (χ1n) is 12.5. The summed E-state index contributed by atoms with van der Waals surface area (Å²) in [4.78, 5) is 0. The Morgan fingerprint density at radius 1 is 1.03 bits per heavy atom. The Morgan fingerprint density at radius 3 is 2.57 bits per heavy atom. The van der Waals surface area contributed by atoms with Gasteiger partial charge in [0.25, 0.3) is 0 Å². The van der Waals surface area contributed by atoms with Gasteiger partial charge in [0.15, 0.2) is 4.70 Å². The lowest BCUT2D eigenvalue weighted by atomic mass is 9.85. The average molecular weight is 478 g/mol. The van der Waals surface area contributed by atoms with Crippen molar-refractivity contribution in [2.75, 3.05) is 0 Å². The summed E-state index contributed by atoms with van der Waals surface area (Å²) in [6, 6.07) is 21.8. The van der Waals surface area contributed by atoms with Crippen LogP contribution < -0.4 is 0 Å². The summed E-state index contributed by atoms with van der Waals surface area (Å²) < 4.78 is 4.69. The number of hydrogen-bond donors (Lipinski definition) is 0. The van der Waals surface area contributed by atoms with E-state index < -0.39 is 0 Å². The normalized spacial score (nSPS) is 14.4. The van der Waals surface area contributed by atoms with E-state index in [2.05, 4.69) is 121 Å². The highest BCUT2D eigenvalue weighted by molar-refractivity contribution is 7.25. The van der Waals surface area contributed by atoms with Crippen LogP contribution in [0.2, 0.25) is 0 Å². The van der Waals surface area contributed by atoms with E-state index in [1.165, 1.54) is 59.6 Å². The van der Waals surface area contributed by atoms with Gasteiger partial charge in [-0.1, -0.05) is 117 Å². The fourth-order valence-corrected chi connectivity index (χ4v) is 6.17. The van der Waals surface area contributed by atoms with Gasteiger partial charge < -0.3 is 0 Å². The van der Waals surface area contributed by atoms with Crippen LogP contribution in [0.25, 0.3) is 31.3 Å². The van der Waals surface area contributed by atoms with Crippen LogP contribution in [0.3, 0.4) is 0 Å². The average Bonchev–Trinajstić information content (AvgIpc) is 3.15. The fraction of sp³-hybridized carbons (Fsp3) is 0.273. The maximum atomic E-state index is 4.28. The first-order chi connectivity index (χ1) is 16.6. The lowest BCUT2D eigenvalue weighted by Crippen LogP contribution is -2.16. The number of benzene rings is 3. The van der Waals surface area contributed by atoms with Crippen LogP contribution in [0.1, 0.15) is 57.7 Å². The Morgan fingerprint density at radius 2 is 1.83 bits per heavy atom. The molecule has 0 fully saturated rings. The molecule has 178 valence electrons. The second-order valence-electron chi connectivity index (χ2n) is 11.3. The lowest BCUT2D eigenvalue weighted by Gasteiger charge is -2.23.